The van der Waals surface area contributed by atoms with Gasteiger partial charge in [-0.3, -0.25) is 49.7 Å². The number of aromatic amines is 4. The van der Waals surface area contributed by atoms with Gasteiger partial charge in [-0.05, 0) is 36.8 Å². The molecule has 8 aromatic heterocycles. The fourth-order valence-corrected chi connectivity index (χ4v) is 8.07. The van der Waals surface area contributed by atoms with Crippen molar-refractivity contribution >= 4 is 67.1 Å². The van der Waals surface area contributed by atoms with Gasteiger partial charge in [-0.15, -0.1) is 0 Å². The Bertz CT molecular complexity index is 3830. The average molecular weight is 1120 g/mol. The fourth-order valence-electron chi connectivity index (χ4n) is 8.07. The molecule has 12 aromatic rings. The van der Waals surface area contributed by atoms with Crippen molar-refractivity contribution in [3.8, 4) is 45.0 Å². The Balaban J connectivity index is 0.000000228. The van der Waals surface area contributed by atoms with Gasteiger partial charge in [0, 0.05) is 92.2 Å². The van der Waals surface area contributed by atoms with Crippen LogP contribution in [-0.2, 0) is 4.79 Å². The molecule has 0 aliphatic heterocycles. The molecule has 12 rings (SSSR count). The normalized spacial score (nSPS) is 9.87. The lowest BCUT2D eigenvalue weighted by Gasteiger charge is -2.11. The van der Waals surface area contributed by atoms with Crippen LogP contribution in [0.3, 0.4) is 0 Å². The summed E-state index contributed by atoms with van der Waals surface area (Å²) in [6.07, 6.45) is 9.18. The van der Waals surface area contributed by atoms with Crippen molar-refractivity contribution in [3.05, 3.63) is 188 Å². The van der Waals surface area contributed by atoms with Crippen LogP contribution in [0.5, 0.6) is 0 Å². The number of hydrogen-bond donors (Lipinski definition) is 4. The number of amides is 2. The second kappa shape index (κ2) is 33.0. The van der Waals surface area contributed by atoms with Gasteiger partial charge in [-0.25, -0.2) is 0 Å². The molecule has 432 valence electrons. The van der Waals surface area contributed by atoms with Crippen LogP contribution in [0.1, 0.15) is 85.8 Å². The molecule has 4 N–H and O–H groups in total. The van der Waals surface area contributed by atoms with Crippen molar-refractivity contribution in [2.24, 2.45) is 0 Å². The van der Waals surface area contributed by atoms with Gasteiger partial charge < -0.3 is 14.8 Å². The summed E-state index contributed by atoms with van der Waals surface area (Å²) in [5.74, 6) is 1.37. The van der Waals surface area contributed by atoms with Gasteiger partial charge in [0.1, 0.15) is 0 Å². The predicted molar refractivity (Wildman–Crippen MR) is 348 cm³/mol. The van der Waals surface area contributed by atoms with E-state index in [4.69, 9.17) is 0 Å². The third-order valence-corrected chi connectivity index (χ3v) is 12.2. The minimum absolute atomic E-state index is 0. The van der Waals surface area contributed by atoms with Crippen molar-refractivity contribution in [3.63, 3.8) is 0 Å². The lowest BCUT2D eigenvalue weighted by Crippen LogP contribution is -2.23. The molecule has 16 nitrogen and oxygen atoms in total. The maximum atomic E-state index is 12.1. The molecule has 4 aromatic carbocycles. The van der Waals surface area contributed by atoms with Gasteiger partial charge in [0.25, 0.3) is 5.91 Å². The van der Waals surface area contributed by atoms with E-state index in [0.29, 0.717) is 11.5 Å². The van der Waals surface area contributed by atoms with Gasteiger partial charge in [0.15, 0.2) is 17.3 Å². The molecule has 0 aliphatic rings. The van der Waals surface area contributed by atoms with Gasteiger partial charge in [-0.2, -0.15) is 15.3 Å². The van der Waals surface area contributed by atoms with E-state index >= 15 is 0 Å². The van der Waals surface area contributed by atoms with E-state index in [1.807, 2.05) is 202 Å². The number of carbonyl (C=O) groups excluding carboxylic acids is 2. The number of nitrogens with one attached hydrogen (secondary N) is 4. The lowest BCUT2D eigenvalue weighted by atomic mass is 10.1. The Kier molecular flexibility index (Phi) is 26.2. The third-order valence-electron chi connectivity index (χ3n) is 12.2. The first kappa shape index (κ1) is 65.7. The summed E-state index contributed by atoms with van der Waals surface area (Å²) >= 11 is 0. The summed E-state index contributed by atoms with van der Waals surface area (Å²) in [5, 5.41) is 25.3. The van der Waals surface area contributed by atoms with Crippen molar-refractivity contribution in [2.75, 3.05) is 45.0 Å². The largest absolute Gasteiger partial charge is 0.361 e. The maximum absolute atomic E-state index is 12.1. The van der Waals surface area contributed by atoms with Crippen LogP contribution in [-0.4, -0.2) is 107 Å². The molecule has 0 spiro atoms. The first-order valence-electron chi connectivity index (χ1n) is 27.7. The van der Waals surface area contributed by atoms with Crippen molar-refractivity contribution in [1.82, 2.24) is 60.4 Å². The van der Waals surface area contributed by atoms with Crippen LogP contribution in [0, 0.1) is 6.92 Å². The Labute approximate surface area is 489 Å². The zero-order valence-electron chi connectivity index (χ0n) is 50.0. The van der Waals surface area contributed by atoms with E-state index in [1.54, 1.807) is 33.5 Å². The summed E-state index contributed by atoms with van der Waals surface area (Å²) in [6.45, 7) is 19.6. The van der Waals surface area contributed by atoms with Crippen molar-refractivity contribution in [1.29, 1.82) is 0 Å². The van der Waals surface area contributed by atoms with Crippen molar-refractivity contribution < 1.29 is 9.59 Å². The van der Waals surface area contributed by atoms with Crippen LogP contribution in [0.4, 0.5) is 11.6 Å². The molecule has 0 aliphatic carbocycles. The van der Waals surface area contributed by atoms with Crippen LogP contribution in [0.15, 0.2) is 177 Å². The number of fused-ring (bicyclic) bond motifs is 4. The summed E-state index contributed by atoms with van der Waals surface area (Å²) < 4.78 is 0. The predicted octanol–water partition coefficient (Wildman–Crippen LogP) is 15.9. The zero-order chi connectivity index (χ0) is 59.7. The number of carbonyl (C=O) groups is 2. The van der Waals surface area contributed by atoms with E-state index in [9.17, 15) is 9.59 Å². The van der Waals surface area contributed by atoms with Crippen LogP contribution in [0.2, 0.25) is 0 Å². The quantitative estimate of drug-likeness (QED) is 0.119. The molecule has 2 amide bonds. The summed E-state index contributed by atoms with van der Waals surface area (Å²) in [7, 11) is 9.10. The third kappa shape index (κ3) is 16.6. The average Bonchev–Trinajstić information content (AvgIpc) is 4.41. The Hall–Kier alpha value is -9.83. The number of nitrogens with zero attached hydrogens (tertiary/aromatic N) is 10. The first-order chi connectivity index (χ1) is 39.9. The number of pyridine rings is 4. The number of hydrogen-bond acceptors (Lipinski definition) is 10. The summed E-state index contributed by atoms with van der Waals surface area (Å²) in [4.78, 5) is 49.6. The SMILES string of the molecule is C.CC.CC.CC.CC.CC(=O)N(C)c1n[nH]c2cnc(-c3ccccc3)cc12.CN(C)C(=O)c1n[nH]c2cnc(-c3ccccc3)cc12.CN(C)c1n[nH]c2cnc(-c3ccccc3)cc12.Cc1c[nH]c2cnc(-c3ccccc3)cc12. The molecule has 0 radical (unpaired) electrons. The van der Waals surface area contributed by atoms with E-state index in [-0.39, 0.29) is 19.2 Å². The van der Waals surface area contributed by atoms with Gasteiger partial charge in [0.2, 0.25) is 5.91 Å². The van der Waals surface area contributed by atoms with Gasteiger partial charge in [0.05, 0.1) is 69.6 Å². The highest BCUT2D eigenvalue weighted by atomic mass is 16.2. The number of H-pyrrole nitrogens is 4. The molecule has 0 fully saturated rings. The Morgan fingerprint density at radius 1 is 0.422 bits per heavy atom. The lowest BCUT2D eigenvalue weighted by molar-refractivity contribution is -0.116. The summed E-state index contributed by atoms with van der Waals surface area (Å²) in [6, 6.07) is 48.2. The van der Waals surface area contributed by atoms with E-state index in [0.717, 1.165) is 89.1 Å². The highest BCUT2D eigenvalue weighted by molar-refractivity contribution is 6.05. The Morgan fingerprint density at radius 2 is 0.747 bits per heavy atom. The minimum Gasteiger partial charge on any atom is -0.361 e. The van der Waals surface area contributed by atoms with E-state index < -0.39 is 0 Å². The van der Waals surface area contributed by atoms with E-state index in [1.165, 1.54) is 27.7 Å². The molecule has 0 atom stereocenters. The van der Waals surface area contributed by atoms with Crippen molar-refractivity contribution in [2.45, 2.75) is 76.7 Å². The zero-order valence-corrected chi connectivity index (χ0v) is 50.0. The summed E-state index contributed by atoms with van der Waals surface area (Å²) in [5.41, 5.74) is 13.3. The second-order valence-corrected chi connectivity index (χ2v) is 17.7. The van der Waals surface area contributed by atoms with Crippen LogP contribution >= 0.6 is 0 Å². The minimum atomic E-state index is -0.124. The molecule has 0 saturated heterocycles. The topological polar surface area (TPSA) is 197 Å². The second-order valence-electron chi connectivity index (χ2n) is 17.7. The molecular formula is C67H82N14O2. The monoisotopic (exact) mass is 1110 g/mol. The number of aryl methyl sites for hydroxylation is 1. The Morgan fingerprint density at radius 3 is 1.12 bits per heavy atom. The first-order valence-corrected chi connectivity index (χ1v) is 27.7. The molecular weight excluding hydrogens is 1030 g/mol. The highest BCUT2D eigenvalue weighted by Gasteiger charge is 2.18. The number of aromatic nitrogens is 11. The van der Waals surface area contributed by atoms with Crippen LogP contribution < -0.4 is 9.80 Å². The maximum Gasteiger partial charge on any atom is 0.274 e. The fraction of sp³-hybridized carbons (Fsp3) is 0.239. The van der Waals surface area contributed by atoms with Gasteiger partial charge >= 0.3 is 0 Å². The van der Waals surface area contributed by atoms with Crippen LogP contribution in [0.25, 0.3) is 88.6 Å². The standard InChI is InChI=1S/2C15H14N4O.C14H14N4.C14H12N2.4C2H6.CH4/c1-19(2)15(20)14-11-8-12(10-6-4-3-5-7-10)16-9-13(11)17-18-14;1-10(20)19(2)15-12-8-13(11-6-4-3-5-7-11)16-9-14(12)17-18-15;1-18(2)14-11-8-12(10-6-4-3-5-7-10)15-9-13(11)16-17-14;1-10-8-15-14-9-16-13(7-12(10)14)11-5-3-2-4-6-11;4*1-2;/h2*3-9H,1-2H3,(H,17,18);3-9H,1-2H3,(H,16,17);2-9,15H,1H3;4*1-2H3;1H4. The van der Waals surface area contributed by atoms with Gasteiger partial charge in [-0.1, -0.05) is 184 Å². The smallest absolute Gasteiger partial charge is 0.274 e. The molecule has 8 heterocycles. The molecule has 0 saturated carbocycles. The number of benzene rings is 4. The molecule has 83 heavy (non-hydrogen) atoms. The number of rotatable bonds is 7. The molecule has 0 unspecified atom stereocenters. The van der Waals surface area contributed by atoms with E-state index in [2.05, 4.69) is 98.8 Å². The molecule has 16 heteroatoms. The highest BCUT2D eigenvalue weighted by Crippen LogP contribution is 2.29. The molecule has 0 bridgehead atoms. The number of anilines is 2.